The van der Waals surface area contributed by atoms with Crippen LogP contribution in [0.15, 0.2) is 18.2 Å². The minimum absolute atomic E-state index is 0.351. The van der Waals surface area contributed by atoms with Gasteiger partial charge in [-0.15, -0.1) is 0 Å². The number of nitrogens with zero attached hydrogens (tertiary/aromatic N) is 1. The topological polar surface area (TPSA) is 64.8 Å². The number of hydrogen-bond donors (Lipinski definition) is 1. The van der Waals surface area contributed by atoms with Crippen molar-refractivity contribution in [2.75, 3.05) is 19.3 Å². The smallest absolute Gasteiger partial charge is 0.101 e. The summed E-state index contributed by atoms with van der Waals surface area (Å²) in [5.41, 5.74) is 3.83. The lowest BCUT2D eigenvalue weighted by Crippen LogP contribution is -2.83. The summed E-state index contributed by atoms with van der Waals surface area (Å²) in [6, 6.07) is 6.37. The van der Waals surface area contributed by atoms with Gasteiger partial charge in [0.25, 0.3) is 0 Å². The fraction of sp³-hybridized carbons (Fsp3) is 0.500. The van der Waals surface area contributed by atoms with Gasteiger partial charge >= 0.3 is 0 Å². The van der Waals surface area contributed by atoms with Crippen molar-refractivity contribution in [3.05, 3.63) is 39.6 Å². The van der Waals surface area contributed by atoms with Gasteiger partial charge in [-0.3, -0.25) is 0 Å². The minimum Gasteiger partial charge on any atom is -0.545 e. The van der Waals surface area contributed by atoms with Crippen molar-refractivity contribution in [3.8, 4) is 0 Å². The van der Waals surface area contributed by atoms with Crippen LogP contribution < -0.4 is 5.32 Å². The molecule has 0 bridgehead atoms. The Kier molecular flexibility index (Phi) is 5.11. The van der Waals surface area contributed by atoms with Crippen LogP contribution in [0.4, 0.5) is 0 Å². The van der Waals surface area contributed by atoms with Crippen molar-refractivity contribution in [1.29, 1.82) is 0 Å². The Labute approximate surface area is 103 Å². The third-order valence-corrected chi connectivity index (χ3v) is 3.17. The van der Waals surface area contributed by atoms with Gasteiger partial charge in [0.15, 0.2) is 0 Å². The van der Waals surface area contributed by atoms with E-state index in [1.54, 1.807) is 0 Å². The molecule has 0 aromatic heterocycles. The van der Waals surface area contributed by atoms with Crippen LogP contribution in [0, 0.1) is 13.8 Å². The molecule has 0 fully saturated rings. The van der Waals surface area contributed by atoms with Crippen LogP contribution in [0.1, 0.15) is 16.7 Å². The summed E-state index contributed by atoms with van der Waals surface area (Å²) in [5.74, 6) is 0. The SMILES string of the molecule is Cc1ccc(C[NH2+]CC[N-]S(C)(=O)=O)c(C)c1. The second kappa shape index (κ2) is 6.14. The number of nitrogens with two attached hydrogens (primary N) is 1. The molecule has 4 nitrogen and oxygen atoms in total. The van der Waals surface area contributed by atoms with Gasteiger partial charge in [0.1, 0.15) is 6.54 Å². The lowest BCUT2D eigenvalue weighted by Gasteiger charge is -2.15. The van der Waals surface area contributed by atoms with Crippen molar-refractivity contribution < 1.29 is 13.7 Å². The highest BCUT2D eigenvalue weighted by Gasteiger charge is 1.99. The lowest BCUT2D eigenvalue weighted by atomic mass is 10.1. The number of aryl methyl sites for hydroxylation is 2. The molecule has 0 saturated heterocycles. The first-order valence-electron chi connectivity index (χ1n) is 5.65. The van der Waals surface area contributed by atoms with Crippen molar-refractivity contribution in [2.45, 2.75) is 20.4 Å². The third-order valence-electron chi connectivity index (χ3n) is 2.52. The molecule has 0 radical (unpaired) electrons. The van der Waals surface area contributed by atoms with Gasteiger partial charge in [-0.2, -0.15) is 0 Å². The standard InChI is InChI=1S/C12H19N2O2S/c1-10-4-5-12(11(2)8-10)9-13-6-7-14-17(3,15)16/h4-5,8,13H,6-7,9H2,1-3H3/q-1/p+1. The van der Waals surface area contributed by atoms with Crippen LogP contribution >= 0.6 is 0 Å². The largest absolute Gasteiger partial charge is 0.545 e. The summed E-state index contributed by atoms with van der Waals surface area (Å²) < 4.78 is 25.1. The van der Waals surface area contributed by atoms with Crippen molar-refractivity contribution in [3.63, 3.8) is 0 Å². The van der Waals surface area contributed by atoms with E-state index in [2.05, 4.69) is 42.1 Å². The first-order chi connectivity index (χ1) is 7.88. The number of sulfonamides is 1. The summed E-state index contributed by atoms with van der Waals surface area (Å²) in [4.78, 5) is 0. The first kappa shape index (κ1) is 14.2. The molecular formula is C12H20N2O2S. The number of rotatable bonds is 6. The van der Waals surface area contributed by atoms with Gasteiger partial charge in [0.2, 0.25) is 0 Å². The second-order valence-corrected chi connectivity index (χ2v) is 6.02. The molecule has 0 amide bonds. The Morgan fingerprint density at radius 3 is 2.59 bits per heavy atom. The van der Waals surface area contributed by atoms with E-state index in [4.69, 9.17) is 0 Å². The van der Waals surface area contributed by atoms with Crippen LogP contribution in [0.3, 0.4) is 0 Å². The zero-order chi connectivity index (χ0) is 12.9. The van der Waals surface area contributed by atoms with E-state index in [-0.39, 0.29) is 0 Å². The maximum atomic E-state index is 10.8. The summed E-state index contributed by atoms with van der Waals surface area (Å²) in [5, 5.41) is 2.08. The lowest BCUT2D eigenvalue weighted by molar-refractivity contribution is -0.667. The van der Waals surface area contributed by atoms with E-state index in [1.165, 1.54) is 16.7 Å². The minimum atomic E-state index is -3.18. The van der Waals surface area contributed by atoms with Crippen molar-refractivity contribution in [1.82, 2.24) is 0 Å². The zero-order valence-electron chi connectivity index (χ0n) is 10.6. The highest BCUT2D eigenvalue weighted by Crippen LogP contribution is 2.08. The van der Waals surface area contributed by atoms with Crippen molar-refractivity contribution >= 4 is 10.0 Å². The Balaban J connectivity index is 2.32. The van der Waals surface area contributed by atoms with E-state index in [9.17, 15) is 8.42 Å². The van der Waals surface area contributed by atoms with Gasteiger partial charge in [-0.25, -0.2) is 8.42 Å². The molecule has 1 rings (SSSR count). The van der Waals surface area contributed by atoms with E-state index >= 15 is 0 Å². The predicted molar refractivity (Wildman–Crippen MR) is 69.5 cm³/mol. The van der Waals surface area contributed by atoms with Crippen LogP contribution in [0.25, 0.3) is 4.72 Å². The number of benzene rings is 1. The highest BCUT2D eigenvalue weighted by molar-refractivity contribution is 7.93. The Morgan fingerprint density at radius 1 is 1.29 bits per heavy atom. The average Bonchev–Trinajstić information content (AvgIpc) is 2.18. The molecule has 1 aromatic rings. The number of quaternary nitrogens is 1. The monoisotopic (exact) mass is 256 g/mol. The molecule has 2 N–H and O–H groups in total. The molecular weight excluding hydrogens is 236 g/mol. The van der Waals surface area contributed by atoms with Gasteiger partial charge in [-0.05, 0) is 19.4 Å². The van der Waals surface area contributed by atoms with Crippen LogP contribution in [0.2, 0.25) is 0 Å². The van der Waals surface area contributed by atoms with Crippen LogP contribution in [-0.4, -0.2) is 27.8 Å². The highest BCUT2D eigenvalue weighted by atomic mass is 32.2. The Bertz CT molecular complexity index is 469. The summed E-state index contributed by atoms with van der Waals surface area (Å²) in [7, 11) is -3.18. The molecule has 0 atom stereocenters. The van der Waals surface area contributed by atoms with E-state index < -0.39 is 10.0 Å². The quantitative estimate of drug-likeness (QED) is 0.761. The van der Waals surface area contributed by atoms with Crippen LogP contribution in [-0.2, 0) is 16.6 Å². The Hall–Kier alpha value is -0.910. The maximum absolute atomic E-state index is 10.8. The molecule has 5 heteroatoms. The molecule has 0 aliphatic heterocycles. The second-order valence-electron chi connectivity index (χ2n) is 4.30. The van der Waals surface area contributed by atoms with E-state index in [0.717, 1.165) is 12.8 Å². The van der Waals surface area contributed by atoms with E-state index in [1.807, 2.05) is 0 Å². The van der Waals surface area contributed by atoms with Gasteiger partial charge in [-0.1, -0.05) is 30.3 Å². The molecule has 96 valence electrons. The molecule has 0 spiro atoms. The Morgan fingerprint density at radius 2 is 2.00 bits per heavy atom. The summed E-state index contributed by atoms with van der Waals surface area (Å²) in [6.07, 6.45) is 1.12. The summed E-state index contributed by atoms with van der Waals surface area (Å²) >= 11 is 0. The first-order valence-corrected chi connectivity index (χ1v) is 7.50. The third kappa shape index (κ3) is 5.81. The average molecular weight is 256 g/mol. The van der Waals surface area contributed by atoms with Gasteiger partial charge < -0.3 is 10.0 Å². The molecule has 1 aromatic carbocycles. The zero-order valence-corrected chi connectivity index (χ0v) is 11.4. The van der Waals surface area contributed by atoms with Gasteiger partial charge in [0.05, 0.1) is 16.6 Å². The fourth-order valence-electron chi connectivity index (χ4n) is 1.64. The molecule has 0 unspecified atom stereocenters. The number of hydrogen-bond acceptors (Lipinski definition) is 2. The molecule has 0 heterocycles. The normalized spacial score (nSPS) is 11.7. The summed E-state index contributed by atoms with van der Waals surface area (Å²) in [6.45, 7) is 6.08. The maximum Gasteiger partial charge on any atom is 0.101 e. The molecule has 0 saturated carbocycles. The van der Waals surface area contributed by atoms with Crippen LogP contribution in [0.5, 0.6) is 0 Å². The van der Waals surface area contributed by atoms with Gasteiger partial charge in [0, 0.05) is 11.8 Å². The fourth-order valence-corrected chi connectivity index (χ4v) is 2.08. The predicted octanol–water partition coefficient (Wildman–Crippen LogP) is 0.700. The van der Waals surface area contributed by atoms with E-state index in [0.29, 0.717) is 13.1 Å². The van der Waals surface area contributed by atoms with Crippen molar-refractivity contribution in [2.24, 2.45) is 0 Å². The molecule has 0 aliphatic carbocycles. The molecule has 0 aliphatic rings. The molecule has 17 heavy (non-hydrogen) atoms.